The fourth-order valence-electron chi connectivity index (χ4n) is 2.63. The van der Waals surface area contributed by atoms with E-state index in [2.05, 4.69) is 10.6 Å². The number of benzene rings is 3. The van der Waals surface area contributed by atoms with Crippen molar-refractivity contribution in [2.45, 2.75) is 0 Å². The van der Waals surface area contributed by atoms with Crippen molar-refractivity contribution in [1.82, 2.24) is 0 Å². The van der Waals surface area contributed by atoms with Gasteiger partial charge in [-0.25, -0.2) is 0 Å². The molecule has 0 spiro atoms. The van der Waals surface area contributed by atoms with Gasteiger partial charge in [-0.05, 0) is 48.5 Å². The molecule has 1 aliphatic heterocycles. The molecular weight excluding hydrogens is 344 g/mol. The molecule has 1 heterocycles. The van der Waals surface area contributed by atoms with Crippen LogP contribution >= 0.6 is 0 Å². The fraction of sp³-hybridized carbons (Fsp3) is 0.0952. The Morgan fingerprint density at radius 3 is 2.37 bits per heavy atom. The fourth-order valence-corrected chi connectivity index (χ4v) is 2.63. The summed E-state index contributed by atoms with van der Waals surface area (Å²) in [6, 6.07) is 22.3. The van der Waals surface area contributed by atoms with Crippen LogP contribution < -0.4 is 24.8 Å². The van der Waals surface area contributed by atoms with Crippen LogP contribution in [-0.4, -0.2) is 19.2 Å². The van der Waals surface area contributed by atoms with Crippen molar-refractivity contribution in [3.05, 3.63) is 72.8 Å². The molecular formula is C21H18N2O4. The summed E-state index contributed by atoms with van der Waals surface area (Å²) in [7, 11) is 0. The van der Waals surface area contributed by atoms with E-state index < -0.39 is 0 Å². The smallest absolute Gasteiger partial charge is 0.243 e. The van der Waals surface area contributed by atoms with Gasteiger partial charge in [0.15, 0.2) is 11.5 Å². The molecule has 0 atom stereocenters. The lowest BCUT2D eigenvalue weighted by Gasteiger charge is -2.10. The van der Waals surface area contributed by atoms with Crippen LogP contribution in [-0.2, 0) is 4.79 Å². The van der Waals surface area contributed by atoms with Gasteiger partial charge in [0.1, 0.15) is 11.5 Å². The second-order valence-electron chi connectivity index (χ2n) is 5.91. The van der Waals surface area contributed by atoms with E-state index >= 15 is 0 Å². The zero-order chi connectivity index (χ0) is 18.5. The average Bonchev–Trinajstić information content (AvgIpc) is 3.16. The van der Waals surface area contributed by atoms with Crippen molar-refractivity contribution in [2.75, 3.05) is 24.0 Å². The van der Waals surface area contributed by atoms with Crippen LogP contribution in [0.4, 0.5) is 11.4 Å². The quantitative estimate of drug-likeness (QED) is 0.686. The SMILES string of the molecule is O=C(CNc1ccc(Oc2ccccc2)cc1)Nc1ccc2c(c1)OCO2. The summed E-state index contributed by atoms with van der Waals surface area (Å²) >= 11 is 0. The summed E-state index contributed by atoms with van der Waals surface area (Å²) in [6.45, 7) is 0.353. The zero-order valence-electron chi connectivity index (χ0n) is 14.5. The summed E-state index contributed by atoms with van der Waals surface area (Å²) in [5, 5.41) is 5.91. The molecule has 1 amide bonds. The third kappa shape index (κ3) is 4.30. The van der Waals surface area contributed by atoms with Crippen LogP contribution in [0.2, 0.25) is 0 Å². The Morgan fingerprint density at radius 1 is 0.852 bits per heavy atom. The highest BCUT2D eigenvalue weighted by atomic mass is 16.7. The summed E-state index contributed by atoms with van der Waals surface area (Å²) in [5.41, 5.74) is 1.49. The second-order valence-corrected chi connectivity index (χ2v) is 5.91. The van der Waals surface area contributed by atoms with Crippen LogP contribution in [0.5, 0.6) is 23.0 Å². The van der Waals surface area contributed by atoms with Crippen molar-refractivity contribution in [2.24, 2.45) is 0 Å². The van der Waals surface area contributed by atoms with Gasteiger partial charge >= 0.3 is 0 Å². The first-order chi connectivity index (χ1) is 13.3. The Labute approximate surface area is 156 Å². The van der Waals surface area contributed by atoms with E-state index in [1.54, 1.807) is 18.2 Å². The molecule has 136 valence electrons. The number of hydrogen-bond donors (Lipinski definition) is 2. The van der Waals surface area contributed by atoms with Gasteiger partial charge in [-0.1, -0.05) is 18.2 Å². The first-order valence-corrected chi connectivity index (χ1v) is 8.53. The number of ether oxygens (including phenoxy) is 3. The summed E-state index contributed by atoms with van der Waals surface area (Å²) in [5.74, 6) is 2.68. The van der Waals surface area contributed by atoms with Crippen LogP contribution in [0.3, 0.4) is 0 Å². The first kappa shape index (κ1) is 16.8. The van der Waals surface area contributed by atoms with Gasteiger partial charge in [-0.3, -0.25) is 4.79 Å². The Kier molecular flexibility index (Phi) is 4.78. The normalized spacial score (nSPS) is 11.7. The highest BCUT2D eigenvalue weighted by Crippen LogP contribution is 2.34. The monoisotopic (exact) mass is 362 g/mol. The number of nitrogens with one attached hydrogen (secondary N) is 2. The largest absolute Gasteiger partial charge is 0.457 e. The van der Waals surface area contributed by atoms with E-state index in [1.165, 1.54) is 0 Å². The molecule has 0 saturated carbocycles. The molecule has 3 aromatic carbocycles. The van der Waals surface area contributed by atoms with E-state index in [4.69, 9.17) is 14.2 Å². The minimum atomic E-state index is -0.154. The Balaban J connectivity index is 1.28. The highest BCUT2D eigenvalue weighted by molar-refractivity contribution is 5.94. The number of para-hydroxylation sites is 1. The van der Waals surface area contributed by atoms with Crippen LogP contribution in [0.25, 0.3) is 0 Å². The van der Waals surface area contributed by atoms with Gasteiger partial charge in [0.25, 0.3) is 0 Å². The topological polar surface area (TPSA) is 68.8 Å². The Bertz CT molecular complexity index is 927. The third-order valence-corrected chi connectivity index (χ3v) is 3.94. The van der Waals surface area contributed by atoms with Crippen molar-refractivity contribution in [3.8, 4) is 23.0 Å². The van der Waals surface area contributed by atoms with Gasteiger partial charge in [0.2, 0.25) is 12.7 Å². The Hall–Kier alpha value is -3.67. The van der Waals surface area contributed by atoms with Crippen molar-refractivity contribution in [1.29, 1.82) is 0 Å². The number of hydrogen-bond acceptors (Lipinski definition) is 5. The lowest BCUT2D eigenvalue weighted by Crippen LogP contribution is -2.21. The van der Waals surface area contributed by atoms with Crippen molar-refractivity contribution in [3.63, 3.8) is 0 Å². The van der Waals surface area contributed by atoms with E-state index in [0.717, 1.165) is 17.2 Å². The molecule has 0 aliphatic carbocycles. The molecule has 2 N–H and O–H groups in total. The van der Waals surface area contributed by atoms with E-state index in [0.29, 0.717) is 17.2 Å². The van der Waals surface area contributed by atoms with Gasteiger partial charge in [0.05, 0.1) is 6.54 Å². The van der Waals surface area contributed by atoms with Crippen molar-refractivity contribution < 1.29 is 19.0 Å². The minimum absolute atomic E-state index is 0.146. The maximum absolute atomic E-state index is 12.1. The average molecular weight is 362 g/mol. The number of amides is 1. The van der Waals surface area contributed by atoms with E-state index in [9.17, 15) is 4.79 Å². The molecule has 27 heavy (non-hydrogen) atoms. The number of rotatable bonds is 6. The summed E-state index contributed by atoms with van der Waals surface area (Å²) in [4.78, 5) is 12.1. The maximum atomic E-state index is 12.1. The molecule has 0 aromatic heterocycles. The molecule has 3 aromatic rings. The summed E-state index contributed by atoms with van der Waals surface area (Å²) < 4.78 is 16.3. The Morgan fingerprint density at radius 2 is 1.56 bits per heavy atom. The molecule has 0 fully saturated rings. The molecule has 0 unspecified atom stereocenters. The molecule has 0 saturated heterocycles. The maximum Gasteiger partial charge on any atom is 0.243 e. The number of fused-ring (bicyclic) bond motifs is 1. The molecule has 6 heteroatoms. The van der Waals surface area contributed by atoms with Gasteiger partial charge in [0, 0.05) is 17.4 Å². The van der Waals surface area contributed by atoms with Crippen LogP contribution in [0.1, 0.15) is 0 Å². The van der Waals surface area contributed by atoms with Gasteiger partial charge in [-0.15, -0.1) is 0 Å². The predicted molar refractivity (Wildman–Crippen MR) is 103 cm³/mol. The molecule has 0 radical (unpaired) electrons. The second kappa shape index (κ2) is 7.70. The lowest BCUT2D eigenvalue weighted by atomic mass is 10.2. The number of carbonyl (C=O) groups is 1. The van der Waals surface area contributed by atoms with Crippen LogP contribution in [0, 0.1) is 0 Å². The van der Waals surface area contributed by atoms with Gasteiger partial charge < -0.3 is 24.8 Å². The highest BCUT2D eigenvalue weighted by Gasteiger charge is 2.14. The molecule has 4 rings (SSSR count). The zero-order valence-corrected chi connectivity index (χ0v) is 14.5. The molecule has 1 aliphatic rings. The molecule has 6 nitrogen and oxygen atoms in total. The first-order valence-electron chi connectivity index (χ1n) is 8.53. The summed E-state index contributed by atoms with van der Waals surface area (Å²) in [6.07, 6.45) is 0. The molecule has 0 bridgehead atoms. The standard InChI is InChI=1S/C21H18N2O4/c24-21(23-16-8-11-19-20(12-16)26-14-25-19)13-22-15-6-9-18(10-7-15)27-17-4-2-1-3-5-17/h1-12,22H,13-14H2,(H,23,24). The number of anilines is 2. The van der Waals surface area contributed by atoms with Crippen LogP contribution in [0.15, 0.2) is 72.8 Å². The van der Waals surface area contributed by atoms with E-state index in [1.807, 2.05) is 54.6 Å². The number of carbonyl (C=O) groups excluding carboxylic acids is 1. The third-order valence-electron chi connectivity index (χ3n) is 3.94. The van der Waals surface area contributed by atoms with E-state index in [-0.39, 0.29) is 19.2 Å². The minimum Gasteiger partial charge on any atom is -0.457 e. The van der Waals surface area contributed by atoms with Gasteiger partial charge in [-0.2, -0.15) is 0 Å². The lowest BCUT2D eigenvalue weighted by molar-refractivity contribution is -0.114. The van der Waals surface area contributed by atoms with Crippen molar-refractivity contribution >= 4 is 17.3 Å². The predicted octanol–water partition coefficient (Wildman–Crippen LogP) is 4.26.